The van der Waals surface area contributed by atoms with Crippen LogP contribution in [-0.2, 0) is 19.6 Å². The van der Waals surface area contributed by atoms with Crippen molar-refractivity contribution in [2.45, 2.75) is 4.90 Å². The molecule has 0 aromatic heterocycles. The van der Waals surface area contributed by atoms with Gasteiger partial charge in [0.25, 0.3) is 15.9 Å². The predicted molar refractivity (Wildman–Crippen MR) is 121 cm³/mol. The molecule has 0 bridgehead atoms. The normalized spacial score (nSPS) is 10.8. The van der Waals surface area contributed by atoms with Crippen LogP contribution in [0.1, 0.15) is 10.4 Å². The van der Waals surface area contributed by atoms with E-state index in [4.69, 9.17) is 27.9 Å². The van der Waals surface area contributed by atoms with Crippen molar-refractivity contribution < 1.29 is 22.7 Å². The highest BCUT2D eigenvalue weighted by Gasteiger charge is 2.28. The van der Waals surface area contributed by atoms with Crippen LogP contribution in [0.25, 0.3) is 0 Å². The maximum Gasteiger partial charge on any atom is 0.338 e. The lowest BCUT2D eigenvalue weighted by Crippen LogP contribution is -2.31. The third-order valence-corrected chi connectivity index (χ3v) is 6.45. The zero-order valence-corrected chi connectivity index (χ0v) is 18.7. The smallest absolute Gasteiger partial charge is 0.338 e. The fraction of sp³-hybridized carbons (Fsp3) is 0.143. The second-order valence-electron chi connectivity index (χ2n) is 6.12. The summed E-state index contributed by atoms with van der Waals surface area (Å²) in [5.74, 6) is -1.39. The summed E-state index contributed by atoms with van der Waals surface area (Å²) in [6, 6.07) is 9.87. The lowest BCUT2D eigenvalue weighted by Gasteiger charge is -2.24. The molecule has 2 aromatic rings. The quantitative estimate of drug-likeness (QED) is 0.410. The Bertz CT molecular complexity index is 1090. The molecule has 0 fully saturated rings. The molecule has 0 heterocycles. The minimum Gasteiger partial charge on any atom is -0.452 e. The van der Waals surface area contributed by atoms with Gasteiger partial charge in [0.15, 0.2) is 6.61 Å². The molecular weight excluding hydrogens is 463 g/mol. The maximum absolute atomic E-state index is 13.3. The third kappa shape index (κ3) is 6.33. The molecule has 0 aliphatic heterocycles. The van der Waals surface area contributed by atoms with Crippen LogP contribution in [0.2, 0.25) is 10.0 Å². The largest absolute Gasteiger partial charge is 0.452 e. The van der Waals surface area contributed by atoms with Gasteiger partial charge in [0.2, 0.25) is 0 Å². The molecule has 31 heavy (non-hydrogen) atoms. The monoisotopic (exact) mass is 482 g/mol. The van der Waals surface area contributed by atoms with Crippen molar-refractivity contribution in [2.75, 3.05) is 24.0 Å². The van der Waals surface area contributed by atoms with E-state index < -0.39 is 28.5 Å². The second kappa shape index (κ2) is 11.0. The Hall–Kier alpha value is -2.81. The van der Waals surface area contributed by atoms with Crippen molar-refractivity contribution in [3.8, 4) is 0 Å². The molecule has 1 amide bonds. The van der Waals surface area contributed by atoms with Crippen molar-refractivity contribution in [1.82, 2.24) is 5.32 Å². The molecule has 1 N–H and O–H groups in total. The molecule has 2 aromatic carbocycles. The summed E-state index contributed by atoms with van der Waals surface area (Å²) in [7, 11) is -4.17. The van der Waals surface area contributed by atoms with E-state index in [0.717, 1.165) is 10.4 Å². The Morgan fingerprint density at radius 3 is 2.35 bits per heavy atom. The van der Waals surface area contributed by atoms with Gasteiger partial charge in [-0.1, -0.05) is 35.4 Å². The highest BCUT2D eigenvalue weighted by Crippen LogP contribution is 2.30. The van der Waals surface area contributed by atoms with Crippen molar-refractivity contribution in [3.63, 3.8) is 0 Å². The highest BCUT2D eigenvalue weighted by atomic mass is 35.5. The van der Waals surface area contributed by atoms with Crippen molar-refractivity contribution >= 4 is 50.8 Å². The first-order valence-corrected chi connectivity index (χ1v) is 11.1. The number of nitrogens with one attached hydrogen (secondary N) is 1. The van der Waals surface area contributed by atoms with Crippen LogP contribution in [0.15, 0.2) is 72.7 Å². The Morgan fingerprint density at radius 2 is 1.74 bits per heavy atom. The average molecular weight is 483 g/mol. The number of rotatable bonds is 10. The minimum atomic E-state index is -4.17. The predicted octanol–water partition coefficient (Wildman–Crippen LogP) is 3.83. The number of sulfonamides is 1. The average Bonchev–Trinajstić information content (AvgIpc) is 2.75. The van der Waals surface area contributed by atoms with Crippen molar-refractivity contribution in [2.24, 2.45) is 0 Å². The van der Waals surface area contributed by atoms with Gasteiger partial charge in [-0.15, -0.1) is 13.2 Å². The Balaban J connectivity index is 2.34. The number of carbonyl (C=O) groups is 2. The first kappa shape index (κ1) is 24.5. The van der Waals surface area contributed by atoms with E-state index in [1.54, 1.807) is 12.1 Å². The van der Waals surface area contributed by atoms with E-state index in [9.17, 15) is 18.0 Å². The number of benzene rings is 2. The summed E-state index contributed by atoms with van der Waals surface area (Å²) in [5, 5.41) is 2.82. The maximum atomic E-state index is 13.3. The third-order valence-electron chi connectivity index (χ3n) is 3.92. The Morgan fingerprint density at radius 1 is 1.06 bits per heavy atom. The summed E-state index contributed by atoms with van der Waals surface area (Å²) in [6.45, 7) is 6.72. The van der Waals surface area contributed by atoms with Crippen LogP contribution >= 0.6 is 23.2 Å². The number of hydrogen-bond donors (Lipinski definition) is 1. The van der Waals surface area contributed by atoms with Gasteiger partial charge < -0.3 is 10.1 Å². The van der Waals surface area contributed by atoms with Crippen molar-refractivity contribution in [3.05, 3.63) is 83.4 Å². The van der Waals surface area contributed by atoms with Gasteiger partial charge in [0.05, 0.1) is 22.8 Å². The van der Waals surface area contributed by atoms with E-state index in [-0.39, 0.29) is 28.6 Å². The van der Waals surface area contributed by atoms with Gasteiger partial charge in [-0.3, -0.25) is 9.10 Å². The molecule has 7 nitrogen and oxygen atoms in total. The topological polar surface area (TPSA) is 92.8 Å². The van der Waals surface area contributed by atoms with E-state index in [1.807, 2.05) is 0 Å². The number of nitrogens with zero attached hydrogens (tertiary/aromatic N) is 1. The summed E-state index contributed by atoms with van der Waals surface area (Å²) in [5.41, 5.74) is 0.265. The summed E-state index contributed by atoms with van der Waals surface area (Å²) in [6.07, 6.45) is 2.89. The van der Waals surface area contributed by atoms with Crippen LogP contribution in [0.4, 0.5) is 5.69 Å². The Kier molecular flexibility index (Phi) is 8.67. The molecule has 164 valence electrons. The number of halogens is 2. The molecule has 0 spiro atoms. The second-order valence-corrected chi connectivity index (χ2v) is 8.79. The number of anilines is 1. The van der Waals surface area contributed by atoms with Crippen LogP contribution in [0, 0.1) is 0 Å². The fourth-order valence-electron chi connectivity index (χ4n) is 2.47. The van der Waals surface area contributed by atoms with Crippen molar-refractivity contribution in [1.29, 1.82) is 0 Å². The summed E-state index contributed by atoms with van der Waals surface area (Å²) < 4.78 is 32.7. The van der Waals surface area contributed by atoms with E-state index in [0.29, 0.717) is 10.7 Å². The molecule has 10 heteroatoms. The molecule has 0 saturated carbocycles. The van der Waals surface area contributed by atoms with E-state index in [1.165, 1.54) is 36.4 Å². The highest BCUT2D eigenvalue weighted by molar-refractivity contribution is 7.93. The van der Waals surface area contributed by atoms with E-state index >= 15 is 0 Å². The molecule has 0 aliphatic rings. The lowest BCUT2D eigenvalue weighted by atomic mass is 10.2. The van der Waals surface area contributed by atoms with Gasteiger partial charge >= 0.3 is 5.97 Å². The molecule has 0 atom stereocenters. The number of esters is 1. The first-order valence-electron chi connectivity index (χ1n) is 8.94. The number of ether oxygens (including phenoxy) is 1. The molecule has 2 rings (SSSR count). The van der Waals surface area contributed by atoms with Gasteiger partial charge in [-0.05, 0) is 42.5 Å². The zero-order valence-electron chi connectivity index (χ0n) is 16.4. The lowest BCUT2D eigenvalue weighted by molar-refractivity contribution is -0.124. The summed E-state index contributed by atoms with van der Waals surface area (Å²) in [4.78, 5) is 23.6. The molecule has 0 unspecified atom stereocenters. The number of hydrogen-bond acceptors (Lipinski definition) is 5. The molecule has 0 aliphatic carbocycles. The van der Waals surface area contributed by atoms with Gasteiger partial charge in [-0.2, -0.15) is 0 Å². The standard InChI is InChI=1S/C21H20Cl2N2O5S/c1-3-11-24-20(26)14-30-21(27)15-5-10-18(23)19(13-15)31(28,29)25(12-4-2)17-8-6-16(22)7-9-17/h3-10,13H,1-2,11-12,14H2,(H,24,26). The number of carbonyl (C=O) groups excluding carboxylic acids is 2. The SMILES string of the molecule is C=CCNC(=O)COC(=O)c1ccc(Cl)c(S(=O)(=O)N(CC=C)c2ccc(Cl)cc2)c1. The van der Waals surface area contributed by atoms with E-state index in [2.05, 4.69) is 18.5 Å². The number of amides is 1. The van der Waals surface area contributed by atoms with Gasteiger partial charge in [0.1, 0.15) is 4.90 Å². The molecular formula is C21H20Cl2N2O5S. The molecule has 0 radical (unpaired) electrons. The van der Waals surface area contributed by atoms with Crippen LogP contribution in [0.3, 0.4) is 0 Å². The fourth-order valence-corrected chi connectivity index (χ4v) is 4.53. The molecule has 0 saturated heterocycles. The van der Waals surface area contributed by atoms with Gasteiger partial charge in [0, 0.05) is 11.6 Å². The van der Waals surface area contributed by atoms with Gasteiger partial charge in [-0.25, -0.2) is 13.2 Å². The Labute approximate surface area is 191 Å². The van der Waals surface area contributed by atoms with Crippen LogP contribution in [0.5, 0.6) is 0 Å². The summed E-state index contributed by atoms with van der Waals surface area (Å²) >= 11 is 12.0. The van der Waals surface area contributed by atoms with Crippen LogP contribution < -0.4 is 9.62 Å². The minimum absolute atomic E-state index is 0.0432. The van der Waals surface area contributed by atoms with Crippen LogP contribution in [-0.4, -0.2) is 40.0 Å². The zero-order chi connectivity index (χ0) is 23.0. The first-order chi connectivity index (χ1) is 14.7.